The van der Waals surface area contributed by atoms with Gasteiger partial charge in [-0.25, -0.2) is 0 Å². The summed E-state index contributed by atoms with van der Waals surface area (Å²) in [4.78, 5) is 3.35. The molecule has 2 aromatic rings. The third kappa shape index (κ3) is 2.23. The Hall–Kier alpha value is -1.48. The molecule has 3 nitrogen and oxygen atoms in total. The lowest BCUT2D eigenvalue weighted by atomic mass is 10.0. The summed E-state index contributed by atoms with van der Waals surface area (Å²) >= 11 is 0. The average Bonchev–Trinajstić information content (AvgIpc) is 3.01. The number of aromatic amines is 1. The van der Waals surface area contributed by atoms with Gasteiger partial charge in [-0.3, -0.25) is 0 Å². The van der Waals surface area contributed by atoms with Gasteiger partial charge in [0.15, 0.2) is 0 Å². The minimum atomic E-state index is 0.639. The van der Waals surface area contributed by atoms with Crippen molar-refractivity contribution < 1.29 is 4.74 Å². The second-order valence-electron chi connectivity index (χ2n) is 4.95. The topological polar surface area (TPSA) is 37.0 Å². The van der Waals surface area contributed by atoms with E-state index in [4.69, 9.17) is 4.74 Å². The van der Waals surface area contributed by atoms with E-state index < -0.39 is 0 Å². The Morgan fingerprint density at radius 3 is 3.11 bits per heavy atom. The van der Waals surface area contributed by atoms with Crippen molar-refractivity contribution in [2.75, 3.05) is 13.2 Å². The van der Waals surface area contributed by atoms with Gasteiger partial charge in [-0.2, -0.15) is 0 Å². The van der Waals surface area contributed by atoms with Crippen molar-refractivity contribution in [1.29, 1.82) is 0 Å². The van der Waals surface area contributed by atoms with Gasteiger partial charge in [0.2, 0.25) is 0 Å². The maximum Gasteiger partial charge on any atom is 0.120 e. The summed E-state index contributed by atoms with van der Waals surface area (Å²) < 4.78 is 5.58. The van der Waals surface area contributed by atoms with Gasteiger partial charge in [-0.15, -0.1) is 0 Å². The highest BCUT2D eigenvalue weighted by Gasteiger charge is 2.16. The molecule has 3 heteroatoms. The maximum atomic E-state index is 5.58. The summed E-state index contributed by atoms with van der Waals surface area (Å²) in [6.45, 7) is 3.90. The first-order chi connectivity index (χ1) is 8.86. The van der Waals surface area contributed by atoms with Gasteiger partial charge < -0.3 is 15.0 Å². The molecule has 0 saturated carbocycles. The number of ether oxygens (including phenoxy) is 1. The summed E-state index contributed by atoms with van der Waals surface area (Å²) in [7, 11) is 0. The van der Waals surface area contributed by atoms with E-state index in [1.807, 2.05) is 13.0 Å². The van der Waals surface area contributed by atoms with Crippen LogP contribution >= 0.6 is 0 Å². The van der Waals surface area contributed by atoms with Crippen LogP contribution in [0.25, 0.3) is 10.9 Å². The molecule has 1 atom stereocenters. The minimum Gasteiger partial charge on any atom is -0.494 e. The lowest BCUT2D eigenvalue weighted by Crippen LogP contribution is -2.23. The van der Waals surface area contributed by atoms with Gasteiger partial charge in [0, 0.05) is 23.1 Å². The van der Waals surface area contributed by atoms with Crippen LogP contribution in [0.2, 0.25) is 0 Å². The van der Waals surface area contributed by atoms with Crippen LogP contribution in [-0.4, -0.2) is 24.2 Å². The molecule has 0 radical (unpaired) electrons. The van der Waals surface area contributed by atoms with E-state index in [0.29, 0.717) is 6.04 Å². The number of nitrogens with one attached hydrogen (secondary N) is 2. The average molecular weight is 244 g/mol. The molecular weight excluding hydrogens is 224 g/mol. The van der Waals surface area contributed by atoms with E-state index in [0.717, 1.165) is 25.3 Å². The standard InChI is InChI=1S/C15H20N2O/c1-2-18-13-5-6-15-14(9-13)11(10-17-15)8-12-4-3-7-16-12/h5-6,9-10,12,16-17H,2-4,7-8H2,1H3. The number of rotatable bonds is 4. The van der Waals surface area contributed by atoms with Gasteiger partial charge in [0.05, 0.1) is 6.61 Å². The van der Waals surface area contributed by atoms with E-state index in [1.54, 1.807) is 0 Å². The van der Waals surface area contributed by atoms with Crippen molar-refractivity contribution in [3.05, 3.63) is 30.0 Å². The summed E-state index contributed by atoms with van der Waals surface area (Å²) in [6, 6.07) is 6.92. The van der Waals surface area contributed by atoms with Crippen LogP contribution in [0.4, 0.5) is 0 Å². The first kappa shape index (κ1) is 11.6. The molecule has 1 aliphatic rings. The van der Waals surface area contributed by atoms with Crippen LogP contribution in [0.3, 0.4) is 0 Å². The number of hydrogen-bond donors (Lipinski definition) is 2. The summed E-state index contributed by atoms with van der Waals surface area (Å²) in [5.41, 5.74) is 2.59. The SMILES string of the molecule is CCOc1ccc2[nH]cc(CC3CCCN3)c2c1. The highest BCUT2D eigenvalue weighted by Crippen LogP contribution is 2.25. The molecule has 1 unspecified atom stereocenters. The van der Waals surface area contributed by atoms with Crippen molar-refractivity contribution in [3.8, 4) is 5.75 Å². The summed E-state index contributed by atoms with van der Waals surface area (Å²) in [6.07, 6.45) is 5.84. The van der Waals surface area contributed by atoms with Gasteiger partial charge in [-0.05, 0) is 56.5 Å². The molecule has 0 amide bonds. The van der Waals surface area contributed by atoms with Gasteiger partial charge in [0.1, 0.15) is 5.75 Å². The maximum absolute atomic E-state index is 5.58. The molecule has 1 aromatic carbocycles. The molecule has 2 N–H and O–H groups in total. The molecular formula is C15H20N2O. The molecule has 1 saturated heterocycles. The van der Waals surface area contributed by atoms with Gasteiger partial charge in [0.25, 0.3) is 0 Å². The molecule has 0 bridgehead atoms. The Bertz CT molecular complexity index is 526. The third-order valence-corrected chi connectivity index (χ3v) is 3.68. The zero-order valence-electron chi connectivity index (χ0n) is 10.8. The fourth-order valence-electron chi connectivity index (χ4n) is 2.78. The predicted octanol–water partition coefficient (Wildman–Crippen LogP) is 2.86. The van der Waals surface area contributed by atoms with Crippen LogP contribution < -0.4 is 10.1 Å². The molecule has 1 fully saturated rings. The molecule has 2 heterocycles. The third-order valence-electron chi connectivity index (χ3n) is 3.68. The minimum absolute atomic E-state index is 0.639. The first-order valence-electron chi connectivity index (χ1n) is 6.83. The Balaban J connectivity index is 1.88. The van der Waals surface area contributed by atoms with E-state index in [9.17, 15) is 0 Å². The van der Waals surface area contributed by atoms with E-state index in [1.165, 1.54) is 29.3 Å². The number of benzene rings is 1. The van der Waals surface area contributed by atoms with Gasteiger partial charge >= 0.3 is 0 Å². The Morgan fingerprint density at radius 1 is 1.39 bits per heavy atom. The number of aromatic nitrogens is 1. The highest BCUT2D eigenvalue weighted by atomic mass is 16.5. The Labute approximate surface area is 108 Å². The van der Waals surface area contributed by atoms with Crippen LogP contribution in [0.5, 0.6) is 5.75 Å². The van der Waals surface area contributed by atoms with E-state index >= 15 is 0 Å². The van der Waals surface area contributed by atoms with Crippen LogP contribution in [0, 0.1) is 0 Å². The number of fused-ring (bicyclic) bond motifs is 1. The Kier molecular flexibility index (Phi) is 3.24. The van der Waals surface area contributed by atoms with Crippen LogP contribution in [0.15, 0.2) is 24.4 Å². The zero-order valence-corrected chi connectivity index (χ0v) is 10.8. The molecule has 1 aliphatic heterocycles. The van der Waals surface area contributed by atoms with Crippen molar-refractivity contribution in [2.24, 2.45) is 0 Å². The fraction of sp³-hybridized carbons (Fsp3) is 0.467. The van der Waals surface area contributed by atoms with Crippen LogP contribution in [0.1, 0.15) is 25.3 Å². The molecule has 96 valence electrons. The zero-order chi connectivity index (χ0) is 12.4. The number of H-pyrrole nitrogens is 1. The largest absolute Gasteiger partial charge is 0.494 e. The quantitative estimate of drug-likeness (QED) is 0.867. The normalized spacial score (nSPS) is 19.5. The van der Waals surface area contributed by atoms with Crippen molar-refractivity contribution >= 4 is 10.9 Å². The lowest BCUT2D eigenvalue weighted by molar-refractivity contribution is 0.340. The van der Waals surface area contributed by atoms with E-state index in [-0.39, 0.29) is 0 Å². The van der Waals surface area contributed by atoms with Crippen molar-refractivity contribution in [1.82, 2.24) is 10.3 Å². The van der Waals surface area contributed by atoms with E-state index in [2.05, 4.69) is 28.6 Å². The molecule has 3 rings (SSSR count). The second-order valence-corrected chi connectivity index (χ2v) is 4.95. The van der Waals surface area contributed by atoms with Crippen molar-refractivity contribution in [3.63, 3.8) is 0 Å². The molecule has 0 aliphatic carbocycles. The monoisotopic (exact) mass is 244 g/mol. The molecule has 1 aromatic heterocycles. The highest BCUT2D eigenvalue weighted by molar-refractivity contribution is 5.84. The van der Waals surface area contributed by atoms with Crippen LogP contribution in [-0.2, 0) is 6.42 Å². The molecule has 0 spiro atoms. The molecule has 18 heavy (non-hydrogen) atoms. The summed E-state index contributed by atoms with van der Waals surface area (Å²) in [5, 5.41) is 4.85. The summed E-state index contributed by atoms with van der Waals surface area (Å²) in [5.74, 6) is 0.963. The first-order valence-corrected chi connectivity index (χ1v) is 6.83. The van der Waals surface area contributed by atoms with Crippen molar-refractivity contribution in [2.45, 2.75) is 32.2 Å². The second kappa shape index (κ2) is 5.02. The predicted molar refractivity (Wildman–Crippen MR) is 74.2 cm³/mol. The smallest absolute Gasteiger partial charge is 0.120 e. The Morgan fingerprint density at radius 2 is 2.33 bits per heavy atom. The lowest BCUT2D eigenvalue weighted by Gasteiger charge is -2.09. The fourth-order valence-corrected chi connectivity index (χ4v) is 2.78. The van der Waals surface area contributed by atoms with Gasteiger partial charge in [-0.1, -0.05) is 0 Å². The number of hydrogen-bond acceptors (Lipinski definition) is 2.